The molecule has 4 rings (SSSR count). The van der Waals surface area contributed by atoms with E-state index in [1.54, 1.807) is 12.1 Å². The van der Waals surface area contributed by atoms with Gasteiger partial charge in [0.25, 0.3) is 21.8 Å². The smallest absolute Gasteiger partial charge is 0.268 e. The third-order valence-corrected chi connectivity index (χ3v) is 6.59. The van der Waals surface area contributed by atoms with Crippen LogP contribution >= 0.6 is 11.6 Å². The number of sulfonamides is 1. The Morgan fingerprint density at radius 1 is 0.935 bits per heavy atom. The van der Waals surface area contributed by atoms with Crippen LogP contribution in [-0.2, 0) is 10.0 Å². The van der Waals surface area contributed by atoms with Gasteiger partial charge in [-0.2, -0.15) is 0 Å². The number of carbonyl (C=O) groups excluding carboxylic acids is 2. The van der Waals surface area contributed by atoms with Crippen molar-refractivity contribution in [2.24, 2.45) is 0 Å². The van der Waals surface area contributed by atoms with E-state index in [1.807, 2.05) is 13.8 Å². The van der Waals surface area contributed by atoms with E-state index in [2.05, 4.69) is 14.7 Å². The molecule has 0 bridgehead atoms. The number of rotatable bonds is 5. The van der Waals surface area contributed by atoms with Crippen LogP contribution in [0.1, 0.15) is 46.0 Å². The summed E-state index contributed by atoms with van der Waals surface area (Å²) in [4.78, 5) is 34.5. The SMILES string of the molecule is CC(C)c1ccc(S(=O)(=O)Nc2ccc(Cl)c3c2C(=O)N(c2cncnc2)C3=O)cc1. The van der Waals surface area contributed by atoms with Crippen LogP contribution < -0.4 is 9.62 Å². The van der Waals surface area contributed by atoms with Crippen molar-refractivity contribution in [1.82, 2.24) is 9.97 Å². The van der Waals surface area contributed by atoms with Crippen LogP contribution in [-0.4, -0.2) is 30.2 Å². The number of halogens is 1. The number of nitrogens with zero attached hydrogens (tertiary/aromatic N) is 3. The van der Waals surface area contributed by atoms with Crippen LogP contribution in [0.2, 0.25) is 5.02 Å². The predicted octanol–water partition coefficient (Wildman–Crippen LogP) is 3.85. The monoisotopic (exact) mass is 456 g/mol. The second-order valence-electron chi connectivity index (χ2n) is 7.22. The molecule has 0 saturated carbocycles. The van der Waals surface area contributed by atoms with Gasteiger partial charge in [-0.3, -0.25) is 14.3 Å². The molecule has 1 aromatic heterocycles. The maximum Gasteiger partial charge on any atom is 0.268 e. The molecule has 0 unspecified atom stereocenters. The Balaban J connectivity index is 1.74. The Morgan fingerprint density at radius 3 is 2.16 bits per heavy atom. The number of amides is 2. The van der Waals surface area contributed by atoms with E-state index in [9.17, 15) is 18.0 Å². The molecule has 158 valence electrons. The molecule has 1 aliphatic rings. The third kappa shape index (κ3) is 3.66. The lowest BCUT2D eigenvalue weighted by Crippen LogP contribution is -2.29. The predicted molar refractivity (Wildman–Crippen MR) is 116 cm³/mol. The largest absolute Gasteiger partial charge is 0.279 e. The standard InChI is InChI=1S/C21H17ClN4O4S/c1-12(2)13-3-5-15(6-4-13)31(29,30)25-17-8-7-16(22)18-19(17)21(28)26(20(18)27)14-9-23-11-24-10-14/h3-12,25H,1-2H3. The molecule has 2 heterocycles. The van der Waals surface area contributed by atoms with E-state index >= 15 is 0 Å². The van der Waals surface area contributed by atoms with Gasteiger partial charge in [0.2, 0.25) is 0 Å². The number of hydrogen-bond acceptors (Lipinski definition) is 6. The molecule has 8 nitrogen and oxygen atoms in total. The molecule has 0 atom stereocenters. The van der Waals surface area contributed by atoms with Gasteiger partial charge >= 0.3 is 0 Å². The van der Waals surface area contributed by atoms with Crippen molar-refractivity contribution in [1.29, 1.82) is 0 Å². The highest BCUT2D eigenvalue weighted by atomic mass is 35.5. The fourth-order valence-electron chi connectivity index (χ4n) is 3.29. The summed E-state index contributed by atoms with van der Waals surface area (Å²) in [6, 6.07) is 9.19. The van der Waals surface area contributed by atoms with Gasteiger partial charge in [0.1, 0.15) is 6.33 Å². The first-order chi connectivity index (χ1) is 14.7. The Labute approximate surface area is 184 Å². The number of nitrogens with one attached hydrogen (secondary N) is 1. The molecular weight excluding hydrogens is 440 g/mol. The maximum absolute atomic E-state index is 13.1. The number of hydrogen-bond donors (Lipinski definition) is 1. The normalized spacial score (nSPS) is 13.6. The van der Waals surface area contributed by atoms with Crippen LogP contribution in [0.5, 0.6) is 0 Å². The Bertz CT molecular complexity index is 1290. The van der Waals surface area contributed by atoms with Crippen molar-refractivity contribution in [3.05, 3.63) is 76.8 Å². The van der Waals surface area contributed by atoms with Gasteiger partial charge in [0.05, 0.1) is 44.8 Å². The van der Waals surface area contributed by atoms with E-state index in [-0.39, 0.29) is 38.3 Å². The lowest BCUT2D eigenvalue weighted by Gasteiger charge is -2.13. The van der Waals surface area contributed by atoms with Crippen molar-refractivity contribution in [3.63, 3.8) is 0 Å². The maximum atomic E-state index is 13.1. The van der Waals surface area contributed by atoms with Crippen molar-refractivity contribution >= 4 is 44.8 Å². The second kappa shape index (κ2) is 7.75. The van der Waals surface area contributed by atoms with E-state index in [1.165, 1.54) is 43.0 Å². The highest BCUT2D eigenvalue weighted by Crippen LogP contribution is 2.37. The number of benzene rings is 2. The number of fused-ring (bicyclic) bond motifs is 1. The minimum absolute atomic E-state index is 0.0330. The summed E-state index contributed by atoms with van der Waals surface area (Å²) < 4.78 is 28.3. The summed E-state index contributed by atoms with van der Waals surface area (Å²) in [5.41, 5.74) is 0.912. The fraction of sp³-hybridized carbons (Fsp3) is 0.143. The summed E-state index contributed by atoms with van der Waals surface area (Å²) in [5, 5.41) is 0.0388. The van der Waals surface area contributed by atoms with Gasteiger partial charge < -0.3 is 0 Å². The zero-order chi connectivity index (χ0) is 22.3. The van der Waals surface area contributed by atoms with E-state index in [0.717, 1.165) is 10.5 Å². The second-order valence-corrected chi connectivity index (χ2v) is 9.31. The average molecular weight is 457 g/mol. The molecule has 0 radical (unpaired) electrons. The van der Waals surface area contributed by atoms with Gasteiger partial charge in [-0.1, -0.05) is 37.6 Å². The summed E-state index contributed by atoms with van der Waals surface area (Å²) in [5.74, 6) is -1.15. The van der Waals surface area contributed by atoms with Crippen LogP contribution in [0, 0.1) is 0 Å². The number of aromatic nitrogens is 2. The van der Waals surface area contributed by atoms with Crippen molar-refractivity contribution in [3.8, 4) is 0 Å². The number of anilines is 2. The topological polar surface area (TPSA) is 109 Å². The van der Waals surface area contributed by atoms with Crippen LogP contribution in [0.15, 0.2) is 60.0 Å². The van der Waals surface area contributed by atoms with Crippen LogP contribution in [0.3, 0.4) is 0 Å². The minimum Gasteiger partial charge on any atom is -0.279 e. The molecule has 2 amide bonds. The van der Waals surface area contributed by atoms with Crippen molar-refractivity contribution < 1.29 is 18.0 Å². The van der Waals surface area contributed by atoms with Gasteiger partial charge in [0.15, 0.2) is 0 Å². The summed E-state index contributed by atoms with van der Waals surface area (Å²) in [7, 11) is -4.01. The highest BCUT2D eigenvalue weighted by Gasteiger charge is 2.41. The molecule has 0 fully saturated rings. The Morgan fingerprint density at radius 2 is 1.55 bits per heavy atom. The van der Waals surface area contributed by atoms with Gasteiger partial charge in [-0.15, -0.1) is 0 Å². The summed E-state index contributed by atoms with van der Waals surface area (Å²) in [6.45, 7) is 4.01. The first-order valence-corrected chi connectivity index (χ1v) is 11.2. The molecule has 10 heteroatoms. The average Bonchev–Trinajstić information content (AvgIpc) is 3.02. The fourth-order valence-corrected chi connectivity index (χ4v) is 4.60. The third-order valence-electron chi connectivity index (χ3n) is 4.89. The Kier molecular flexibility index (Phi) is 5.24. The lowest BCUT2D eigenvalue weighted by molar-refractivity contribution is 0.0926. The molecule has 0 aliphatic carbocycles. The van der Waals surface area contributed by atoms with E-state index in [4.69, 9.17) is 11.6 Å². The molecule has 31 heavy (non-hydrogen) atoms. The first-order valence-electron chi connectivity index (χ1n) is 9.30. The molecule has 0 saturated heterocycles. The molecule has 2 aromatic carbocycles. The molecule has 1 N–H and O–H groups in total. The van der Waals surface area contributed by atoms with E-state index < -0.39 is 21.8 Å². The van der Waals surface area contributed by atoms with Gasteiger partial charge in [0, 0.05) is 0 Å². The zero-order valence-electron chi connectivity index (χ0n) is 16.5. The number of carbonyl (C=O) groups is 2. The molecule has 0 spiro atoms. The van der Waals surface area contributed by atoms with Crippen molar-refractivity contribution in [2.45, 2.75) is 24.7 Å². The highest BCUT2D eigenvalue weighted by molar-refractivity contribution is 7.92. The molecular formula is C21H17ClN4O4S. The minimum atomic E-state index is -4.01. The number of imide groups is 1. The molecule has 1 aliphatic heterocycles. The summed E-state index contributed by atoms with van der Waals surface area (Å²) >= 11 is 6.18. The molecule has 3 aromatic rings. The lowest BCUT2D eigenvalue weighted by atomic mass is 10.0. The first kappa shape index (κ1) is 21.0. The van der Waals surface area contributed by atoms with Gasteiger partial charge in [-0.05, 0) is 35.7 Å². The van der Waals surface area contributed by atoms with Crippen LogP contribution in [0.4, 0.5) is 11.4 Å². The summed E-state index contributed by atoms with van der Waals surface area (Å²) in [6.07, 6.45) is 3.88. The van der Waals surface area contributed by atoms with Crippen molar-refractivity contribution in [2.75, 3.05) is 9.62 Å². The quantitative estimate of drug-likeness (QED) is 0.584. The zero-order valence-corrected chi connectivity index (χ0v) is 18.1. The van der Waals surface area contributed by atoms with E-state index in [0.29, 0.717) is 0 Å². The van der Waals surface area contributed by atoms with Crippen LogP contribution in [0.25, 0.3) is 0 Å². The van der Waals surface area contributed by atoms with Gasteiger partial charge in [-0.25, -0.2) is 23.3 Å². The Hall–Kier alpha value is -3.30.